The van der Waals surface area contributed by atoms with E-state index in [0.29, 0.717) is 24.3 Å². The molecule has 3 rings (SSSR count). The first-order valence-corrected chi connectivity index (χ1v) is 9.99. The third kappa shape index (κ3) is 4.95. The lowest BCUT2D eigenvalue weighted by atomic mass is 10.1. The second-order valence-corrected chi connectivity index (χ2v) is 7.62. The minimum absolute atomic E-state index is 0.0410. The van der Waals surface area contributed by atoms with Crippen molar-refractivity contribution in [2.45, 2.75) is 19.9 Å². The van der Waals surface area contributed by atoms with Crippen LogP contribution in [0.4, 0.5) is 17.1 Å². The average molecular weight is 431 g/mol. The van der Waals surface area contributed by atoms with Crippen LogP contribution < -0.4 is 10.2 Å². The van der Waals surface area contributed by atoms with Gasteiger partial charge in [-0.05, 0) is 44.2 Å². The largest absolute Gasteiger partial charge is 0.369 e. The monoisotopic (exact) mass is 430 g/mol. The number of carbonyl (C=O) groups is 2. The number of piperazine rings is 1. The summed E-state index contributed by atoms with van der Waals surface area (Å²) in [6.07, 6.45) is 0. The van der Waals surface area contributed by atoms with E-state index in [4.69, 9.17) is 11.6 Å². The van der Waals surface area contributed by atoms with Gasteiger partial charge in [0.2, 0.25) is 5.91 Å². The maximum absolute atomic E-state index is 12.6. The maximum Gasteiger partial charge on any atom is 0.271 e. The summed E-state index contributed by atoms with van der Waals surface area (Å²) in [6.45, 7) is 6.30. The van der Waals surface area contributed by atoms with Gasteiger partial charge in [0.05, 0.1) is 21.7 Å². The second-order valence-electron chi connectivity index (χ2n) is 7.21. The molecular formula is C21H23ClN4O4. The third-order valence-corrected chi connectivity index (χ3v) is 5.61. The van der Waals surface area contributed by atoms with Gasteiger partial charge in [0, 0.05) is 49.6 Å². The quantitative estimate of drug-likeness (QED) is 0.427. The molecule has 1 aliphatic rings. The number of non-ortho nitro benzene ring substituents is 1. The number of Topliss-reactive ketones (excluding diaryl/α,β-unsaturated/α-hetero) is 1. The van der Waals surface area contributed by atoms with Crippen molar-refractivity contribution in [3.05, 3.63) is 63.2 Å². The molecule has 1 fully saturated rings. The molecule has 158 valence electrons. The normalized spacial score (nSPS) is 15.5. The van der Waals surface area contributed by atoms with Crippen molar-refractivity contribution in [3.8, 4) is 0 Å². The fourth-order valence-corrected chi connectivity index (χ4v) is 3.62. The summed E-state index contributed by atoms with van der Waals surface area (Å²) in [5.74, 6) is -0.177. The first kappa shape index (κ1) is 21.7. The summed E-state index contributed by atoms with van der Waals surface area (Å²) < 4.78 is 0. The molecule has 1 atom stereocenters. The van der Waals surface area contributed by atoms with Gasteiger partial charge >= 0.3 is 0 Å². The lowest BCUT2D eigenvalue weighted by Gasteiger charge is -2.38. The highest BCUT2D eigenvalue weighted by Gasteiger charge is 2.26. The third-order valence-electron chi connectivity index (χ3n) is 5.30. The molecule has 0 spiro atoms. The number of hydrogen-bond donors (Lipinski definition) is 1. The molecule has 0 bridgehead atoms. The second kappa shape index (κ2) is 9.23. The van der Waals surface area contributed by atoms with Gasteiger partial charge in [0.15, 0.2) is 5.78 Å². The van der Waals surface area contributed by atoms with E-state index in [1.165, 1.54) is 18.2 Å². The molecule has 30 heavy (non-hydrogen) atoms. The van der Waals surface area contributed by atoms with Crippen LogP contribution in [0.25, 0.3) is 0 Å². The molecule has 2 aromatic rings. The van der Waals surface area contributed by atoms with E-state index in [2.05, 4.69) is 15.1 Å². The summed E-state index contributed by atoms with van der Waals surface area (Å²) in [7, 11) is 0. The van der Waals surface area contributed by atoms with Gasteiger partial charge in [-0.1, -0.05) is 11.6 Å². The van der Waals surface area contributed by atoms with Gasteiger partial charge in [-0.3, -0.25) is 24.6 Å². The Morgan fingerprint density at radius 2 is 1.73 bits per heavy atom. The van der Waals surface area contributed by atoms with Gasteiger partial charge in [0.1, 0.15) is 0 Å². The molecule has 0 saturated carbocycles. The van der Waals surface area contributed by atoms with Crippen LogP contribution in [0.3, 0.4) is 0 Å². The van der Waals surface area contributed by atoms with E-state index in [1.54, 1.807) is 6.92 Å². The van der Waals surface area contributed by atoms with Gasteiger partial charge in [-0.2, -0.15) is 0 Å². The Morgan fingerprint density at radius 3 is 2.27 bits per heavy atom. The molecule has 9 heteroatoms. The van der Waals surface area contributed by atoms with Crippen LogP contribution in [0.1, 0.15) is 24.2 Å². The van der Waals surface area contributed by atoms with Crippen molar-refractivity contribution in [1.29, 1.82) is 0 Å². The molecule has 8 nitrogen and oxygen atoms in total. The van der Waals surface area contributed by atoms with Crippen LogP contribution in [-0.2, 0) is 4.79 Å². The zero-order chi connectivity index (χ0) is 21.8. The van der Waals surface area contributed by atoms with Crippen LogP contribution >= 0.6 is 11.6 Å². The summed E-state index contributed by atoms with van der Waals surface area (Å²) in [4.78, 5) is 38.6. The predicted octanol–water partition coefficient (Wildman–Crippen LogP) is 3.60. The highest BCUT2D eigenvalue weighted by Crippen LogP contribution is 2.27. The average Bonchev–Trinajstić information content (AvgIpc) is 2.74. The molecule has 0 radical (unpaired) electrons. The Bertz CT molecular complexity index is 956. The number of benzene rings is 2. The highest BCUT2D eigenvalue weighted by atomic mass is 35.5. The molecule has 0 aromatic heterocycles. The molecule has 1 N–H and O–H groups in total. The van der Waals surface area contributed by atoms with Gasteiger partial charge in [-0.25, -0.2) is 0 Å². The number of carbonyl (C=O) groups excluding carboxylic acids is 2. The Balaban J connectivity index is 1.56. The molecule has 0 aliphatic carbocycles. The number of rotatable bonds is 6. The Labute approximate surface area is 179 Å². The van der Waals surface area contributed by atoms with Gasteiger partial charge in [0.25, 0.3) is 5.69 Å². The number of amides is 1. The molecular weight excluding hydrogens is 408 g/mol. The van der Waals surface area contributed by atoms with Crippen molar-refractivity contribution < 1.29 is 14.5 Å². The zero-order valence-electron chi connectivity index (χ0n) is 16.8. The zero-order valence-corrected chi connectivity index (χ0v) is 17.6. The fraction of sp³-hybridized carbons (Fsp3) is 0.333. The van der Waals surface area contributed by atoms with Gasteiger partial charge < -0.3 is 10.2 Å². The standard InChI is InChI=1S/C21H23ClN4O4/c1-14(21(28)23-20-8-7-18(26(29)30)13-19(20)22)24-9-11-25(12-10-24)17-5-3-16(4-6-17)15(2)27/h3-8,13-14H,9-12H2,1-2H3,(H,23,28)/t14-/m0/s1. The van der Waals surface area contributed by atoms with Crippen LogP contribution in [0.2, 0.25) is 5.02 Å². The maximum atomic E-state index is 12.6. The number of ketones is 1. The number of anilines is 2. The van der Waals surface area contributed by atoms with Crippen molar-refractivity contribution in [3.63, 3.8) is 0 Å². The number of nitro groups is 1. The fourth-order valence-electron chi connectivity index (χ4n) is 3.40. The summed E-state index contributed by atoms with van der Waals surface area (Å²) in [6, 6.07) is 11.1. The number of nitrogens with zero attached hydrogens (tertiary/aromatic N) is 3. The highest BCUT2D eigenvalue weighted by molar-refractivity contribution is 6.34. The lowest BCUT2D eigenvalue weighted by Crippen LogP contribution is -2.52. The summed E-state index contributed by atoms with van der Waals surface area (Å²) in [5.41, 5.74) is 1.96. The van der Waals surface area contributed by atoms with Gasteiger partial charge in [-0.15, -0.1) is 0 Å². The van der Waals surface area contributed by atoms with Crippen LogP contribution in [-0.4, -0.2) is 53.7 Å². The molecule has 1 aliphatic heterocycles. The first-order chi connectivity index (χ1) is 14.3. The SMILES string of the molecule is CC(=O)c1ccc(N2CCN([C@@H](C)C(=O)Nc3ccc([N+](=O)[O-])cc3Cl)CC2)cc1. The number of nitrogens with one attached hydrogen (secondary N) is 1. The Morgan fingerprint density at radius 1 is 1.10 bits per heavy atom. The van der Waals surface area contributed by atoms with E-state index in [0.717, 1.165) is 18.8 Å². The van der Waals surface area contributed by atoms with E-state index >= 15 is 0 Å². The first-order valence-electron chi connectivity index (χ1n) is 9.61. The minimum Gasteiger partial charge on any atom is -0.369 e. The van der Waals surface area contributed by atoms with Crippen molar-refractivity contribution in [2.75, 3.05) is 36.4 Å². The van der Waals surface area contributed by atoms with Crippen molar-refractivity contribution in [1.82, 2.24) is 4.90 Å². The Kier molecular flexibility index (Phi) is 6.69. The predicted molar refractivity (Wildman–Crippen MR) is 116 cm³/mol. The molecule has 2 aromatic carbocycles. The number of hydrogen-bond acceptors (Lipinski definition) is 6. The van der Waals surface area contributed by atoms with E-state index < -0.39 is 4.92 Å². The minimum atomic E-state index is -0.534. The van der Waals surface area contributed by atoms with Crippen LogP contribution in [0.5, 0.6) is 0 Å². The summed E-state index contributed by atoms with van der Waals surface area (Å²) in [5, 5.41) is 13.7. The smallest absolute Gasteiger partial charge is 0.271 e. The van der Waals surface area contributed by atoms with Crippen molar-refractivity contribution in [2.24, 2.45) is 0 Å². The molecule has 1 heterocycles. The number of halogens is 1. The Hall–Kier alpha value is -2.97. The molecule has 1 amide bonds. The molecule has 0 unspecified atom stereocenters. The van der Waals surface area contributed by atoms with E-state index in [1.807, 2.05) is 31.2 Å². The molecule has 1 saturated heterocycles. The summed E-state index contributed by atoms with van der Waals surface area (Å²) >= 11 is 6.07. The topological polar surface area (TPSA) is 95.8 Å². The van der Waals surface area contributed by atoms with E-state index in [-0.39, 0.29) is 28.4 Å². The lowest BCUT2D eigenvalue weighted by molar-refractivity contribution is -0.384. The van der Waals surface area contributed by atoms with Crippen molar-refractivity contribution >= 4 is 40.4 Å². The number of nitro benzene ring substituents is 1. The van der Waals surface area contributed by atoms with Crippen LogP contribution in [0, 0.1) is 10.1 Å². The van der Waals surface area contributed by atoms with E-state index in [9.17, 15) is 19.7 Å². The van der Waals surface area contributed by atoms with Crippen LogP contribution in [0.15, 0.2) is 42.5 Å².